The van der Waals surface area contributed by atoms with Crippen LogP contribution in [0.3, 0.4) is 0 Å². The molecule has 0 bridgehead atoms. The van der Waals surface area contributed by atoms with Crippen LogP contribution in [0.25, 0.3) is 0 Å². The van der Waals surface area contributed by atoms with Crippen molar-refractivity contribution in [2.75, 3.05) is 23.4 Å². The molecule has 2 heterocycles. The number of nitrogens with one attached hydrogen (secondary N) is 1. The molecular formula is C11H19N5O. The predicted molar refractivity (Wildman–Crippen MR) is 67.5 cm³/mol. The van der Waals surface area contributed by atoms with Crippen molar-refractivity contribution < 1.29 is 4.74 Å². The van der Waals surface area contributed by atoms with Gasteiger partial charge < -0.3 is 21.5 Å². The van der Waals surface area contributed by atoms with Gasteiger partial charge in [0.25, 0.3) is 0 Å². The number of nitrogen functional groups attached to an aromatic ring is 2. The van der Waals surface area contributed by atoms with E-state index >= 15 is 0 Å². The molecule has 6 heteroatoms. The van der Waals surface area contributed by atoms with E-state index < -0.39 is 0 Å². The smallest absolute Gasteiger partial charge is 0.223 e. The summed E-state index contributed by atoms with van der Waals surface area (Å²) in [6, 6.07) is 2.02. The fraction of sp³-hybridized carbons (Fsp3) is 0.636. The Morgan fingerprint density at radius 2 is 2.18 bits per heavy atom. The minimum atomic E-state index is -0.0972. The minimum Gasteiger partial charge on any atom is -0.383 e. The number of rotatable bonds is 2. The van der Waals surface area contributed by atoms with E-state index in [4.69, 9.17) is 16.2 Å². The van der Waals surface area contributed by atoms with Crippen LogP contribution in [0.2, 0.25) is 0 Å². The molecule has 6 nitrogen and oxygen atoms in total. The first-order chi connectivity index (χ1) is 7.94. The topological polar surface area (TPSA) is 99.1 Å². The van der Waals surface area contributed by atoms with Gasteiger partial charge in [0.15, 0.2) is 0 Å². The zero-order valence-corrected chi connectivity index (χ0v) is 10.2. The molecule has 1 saturated heterocycles. The molecule has 1 fully saturated rings. The molecule has 0 radical (unpaired) electrons. The van der Waals surface area contributed by atoms with Crippen molar-refractivity contribution in [1.82, 2.24) is 9.97 Å². The zero-order valence-electron chi connectivity index (χ0n) is 10.2. The Labute approximate surface area is 101 Å². The van der Waals surface area contributed by atoms with Crippen molar-refractivity contribution in [2.45, 2.75) is 38.3 Å². The molecule has 1 aromatic rings. The number of nitrogens with two attached hydrogens (primary N) is 2. The van der Waals surface area contributed by atoms with Crippen LogP contribution in [0.4, 0.5) is 17.6 Å². The average Bonchev–Trinajstić information content (AvgIpc) is 2.13. The van der Waals surface area contributed by atoms with Gasteiger partial charge in [-0.1, -0.05) is 0 Å². The second-order valence-corrected chi connectivity index (χ2v) is 4.98. The molecule has 1 aromatic heterocycles. The zero-order chi connectivity index (χ0) is 12.5. The lowest BCUT2D eigenvalue weighted by molar-refractivity contribution is -0.0553. The first-order valence-corrected chi connectivity index (χ1v) is 5.75. The Morgan fingerprint density at radius 1 is 1.41 bits per heavy atom. The summed E-state index contributed by atoms with van der Waals surface area (Å²) in [5.74, 6) is 1.25. The molecule has 0 amide bonds. The van der Waals surface area contributed by atoms with E-state index in [1.807, 2.05) is 0 Å². The summed E-state index contributed by atoms with van der Waals surface area (Å²) in [4.78, 5) is 7.95. The molecule has 1 aliphatic heterocycles. The first-order valence-electron chi connectivity index (χ1n) is 5.75. The second-order valence-electron chi connectivity index (χ2n) is 4.98. The van der Waals surface area contributed by atoms with Crippen molar-refractivity contribution in [2.24, 2.45) is 0 Å². The van der Waals surface area contributed by atoms with Gasteiger partial charge in [0, 0.05) is 18.7 Å². The molecule has 2 rings (SSSR count). The highest BCUT2D eigenvalue weighted by Gasteiger charge is 2.28. The Bertz CT molecular complexity index is 387. The number of ether oxygens (including phenoxy) is 1. The molecular weight excluding hydrogens is 218 g/mol. The summed E-state index contributed by atoms with van der Waals surface area (Å²) in [6.45, 7) is 4.92. The Kier molecular flexibility index (Phi) is 3.06. The third kappa shape index (κ3) is 3.20. The van der Waals surface area contributed by atoms with Crippen LogP contribution in [0.5, 0.6) is 0 Å². The number of hydrogen-bond acceptors (Lipinski definition) is 6. The molecule has 1 aliphatic rings. The molecule has 94 valence electrons. The monoisotopic (exact) mass is 237 g/mol. The average molecular weight is 237 g/mol. The number of aromatic nitrogens is 2. The molecule has 1 unspecified atom stereocenters. The van der Waals surface area contributed by atoms with E-state index in [-0.39, 0.29) is 11.5 Å². The maximum Gasteiger partial charge on any atom is 0.223 e. The van der Waals surface area contributed by atoms with Gasteiger partial charge in [0.1, 0.15) is 11.6 Å². The highest BCUT2D eigenvalue weighted by Crippen LogP contribution is 2.26. The predicted octanol–water partition coefficient (Wildman–Crippen LogP) is 1.01. The largest absolute Gasteiger partial charge is 0.383 e. The van der Waals surface area contributed by atoms with Gasteiger partial charge >= 0.3 is 0 Å². The van der Waals surface area contributed by atoms with E-state index in [0.717, 1.165) is 19.4 Å². The lowest BCUT2D eigenvalue weighted by Gasteiger charge is -2.36. The maximum atomic E-state index is 5.66. The summed E-state index contributed by atoms with van der Waals surface area (Å²) in [6.07, 6.45) is 1.88. The van der Waals surface area contributed by atoms with Gasteiger partial charge in [-0.2, -0.15) is 9.97 Å². The van der Waals surface area contributed by atoms with Gasteiger partial charge in [-0.15, -0.1) is 0 Å². The van der Waals surface area contributed by atoms with Crippen LogP contribution < -0.4 is 16.8 Å². The first kappa shape index (κ1) is 11.9. The van der Waals surface area contributed by atoms with Crippen molar-refractivity contribution in [3.05, 3.63) is 6.07 Å². The third-order valence-corrected chi connectivity index (χ3v) is 2.81. The van der Waals surface area contributed by atoms with Crippen LogP contribution in [0.15, 0.2) is 6.07 Å². The summed E-state index contributed by atoms with van der Waals surface area (Å²) in [7, 11) is 0. The molecule has 17 heavy (non-hydrogen) atoms. The van der Waals surface area contributed by atoms with Crippen molar-refractivity contribution >= 4 is 17.6 Å². The quantitative estimate of drug-likeness (QED) is 0.710. The van der Waals surface area contributed by atoms with Gasteiger partial charge in [0.05, 0.1) is 5.60 Å². The van der Waals surface area contributed by atoms with E-state index in [9.17, 15) is 0 Å². The molecule has 1 atom stereocenters. The van der Waals surface area contributed by atoms with E-state index in [0.29, 0.717) is 17.7 Å². The Morgan fingerprint density at radius 3 is 2.82 bits per heavy atom. The highest BCUT2D eigenvalue weighted by atomic mass is 16.5. The minimum absolute atomic E-state index is 0.0972. The number of anilines is 3. The van der Waals surface area contributed by atoms with Crippen LogP contribution in [0.1, 0.15) is 26.7 Å². The number of nitrogens with zero attached hydrogens (tertiary/aromatic N) is 2. The Hall–Kier alpha value is -1.56. The van der Waals surface area contributed by atoms with E-state index in [1.165, 1.54) is 0 Å². The van der Waals surface area contributed by atoms with Gasteiger partial charge in [-0.05, 0) is 26.7 Å². The summed E-state index contributed by atoms with van der Waals surface area (Å²) in [5.41, 5.74) is 11.1. The SMILES string of the molecule is CC1(C)CC(Nc2cc(N)nc(N)n2)CCO1. The van der Waals surface area contributed by atoms with Gasteiger partial charge in [0.2, 0.25) is 5.95 Å². The molecule has 0 aliphatic carbocycles. The van der Waals surface area contributed by atoms with Crippen molar-refractivity contribution in [1.29, 1.82) is 0 Å². The van der Waals surface area contributed by atoms with Crippen LogP contribution in [-0.2, 0) is 4.74 Å². The fourth-order valence-corrected chi connectivity index (χ4v) is 2.12. The third-order valence-electron chi connectivity index (χ3n) is 2.81. The van der Waals surface area contributed by atoms with E-state index in [1.54, 1.807) is 6.07 Å². The van der Waals surface area contributed by atoms with Crippen LogP contribution in [0, 0.1) is 0 Å². The normalized spacial score (nSPS) is 23.3. The molecule has 0 saturated carbocycles. The molecule has 5 N–H and O–H groups in total. The Balaban J connectivity index is 2.05. The lowest BCUT2D eigenvalue weighted by atomic mass is 9.94. The van der Waals surface area contributed by atoms with Gasteiger partial charge in [-0.25, -0.2) is 0 Å². The standard InChI is InChI=1S/C11H19N5O/c1-11(2)6-7(3-4-17-11)14-9-5-8(12)15-10(13)16-9/h5,7H,3-4,6H2,1-2H3,(H5,12,13,14,15,16). The molecule has 0 aromatic carbocycles. The highest BCUT2D eigenvalue weighted by molar-refractivity contribution is 5.48. The van der Waals surface area contributed by atoms with Crippen molar-refractivity contribution in [3.63, 3.8) is 0 Å². The van der Waals surface area contributed by atoms with Crippen molar-refractivity contribution in [3.8, 4) is 0 Å². The lowest BCUT2D eigenvalue weighted by Crippen LogP contribution is -2.40. The summed E-state index contributed by atoms with van der Waals surface area (Å²) in [5, 5.41) is 3.33. The number of hydrogen-bond donors (Lipinski definition) is 3. The van der Waals surface area contributed by atoms with E-state index in [2.05, 4.69) is 29.1 Å². The summed E-state index contributed by atoms with van der Waals surface area (Å²) >= 11 is 0. The van der Waals surface area contributed by atoms with Gasteiger partial charge in [-0.3, -0.25) is 0 Å². The maximum absolute atomic E-state index is 5.66. The van der Waals surface area contributed by atoms with Crippen LogP contribution >= 0.6 is 0 Å². The molecule has 0 spiro atoms. The summed E-state index contributed by atoms with van der Waals surface area (Å²) < 4.78 is 5.66. The fourth-order valence-electron chi connectivity index (χ4n) is 2.12. The van der Waals surface area contributed by atoms with Crippen LogP contribution in [-0.4, -0.2) is 28.2 Å². The second kappa shape index (κ2) is 4.37.